The molecule has 0 aliphatic carbocycles. The van der Waals surface area contributed by atoms with E-state index in [9.17, 15) is 36.6 Å². The molecule has 0 saturated heterocycles. The van der Waals surface area contributed by atoms with Crippen LogP contribution in [0.5, 0.6) is 5.75 Å². The molecule has 0 unspecified atom stereocenters. The Morgan fingerprint density at radius 1 is 0.905 bits per heavy atom. The van der Waals surface area contributed by atoms with Crippen molar-refractivity contribution in [1.82, 2.24) is 4.98 Å². The van der Waals surface area contributed by atoms with E-state index in [1.54, 1.807) is 0 Å². The second-order valence-electron chi connectivity index (χ2n) is 4.24. The highest BCUT2D eigenvalue weighted by Crippen LogP contribution is 2.52. The molecule has 0 spiro atoms. The van der Waals surface area contributed by atoms with Crippen LogP contribution in [-0.4, -0.2) is 27.5 Å². The third-order valence-corrected chi connectivity index (χ3v) is 2.96. The number of alkyl halides is 6. The van der Waals surface area contributed by atoms with Crippen molar-refractivity contribution in [1.29, 1.82) is 0 Å². The van der Waals surface area contributed by atoms with Gasteiger partial charge >= 0.3 is 12.4 Å². The SMILES string of the molecule is Oc1c(C(O)(C(F)(F)F)C(F)(F)F)ccc2cccnc12. The molecular weight excluding hydrogens is 304 g/mol. The fourth-order valence-corrected chi connectivity index (χ4v) is 1.89. The van der Waals surface area contributed by atoms with Gasteiger partial charge < -0.3 is 10.2 Å². The molecule has 0 atom stereocenters. The summed E-state index contributed by atoms with van der Waals surface area (Å²) in [5, 5.41) is 19.1. The second kappa shape index (κ2) is 4.48. The van der Waals surface area contributed by atoms with E-state index in [0.29, 0.717) is 6.07 Å². The predicted molar refractivity (Wildman–Crippen MR) is 59.4 cm³/mol. The predicted octanol–water partition coefficient (Wildman–Crippen LogP) is 3.25. The zero-order chi connectivity index (χ0) is 16.1. The number of hydrogen-bond donors (Lipinski definition) is 2. The Balaban J connectivity index is 2.82. The molecule has 1 aromatic carbocycles. The summed E-state index contributed by atoms with van der Waals surface area (Å²) in [6.45, 7) is 0. The number of fused-ring (bicyclic) bond motifs is 1. The first kappa shape index (κ1) is 15.4. The van der Waals surface area contributed by atoms with E-state index in [-0.39, 0.29) is 5.39 Å². The van der Waals surface area contributed by atoms with Crippen molar-refractivity contribution in [2.75, 3.05) is 0 Å². The minimum absolute atomic E-state index is 0.130. The van der Waals surface area contributed by atoms with Crippen LogP contribution >= 0.6 is 0 Å². The molecule has 1 aromatic heterocycles. The first-order chi connectivity index (χ1) is 9.50. The topological polar surface area (TPSA) is 53.4 Å². The van der Waals surface area contributed by atoms with Gasteiger partial charge in [-0.2, -0.15) is 26.3 Å². The minimum Gasteiger partial charge on any atom is -0.505 e. The monoisotopic (exact) mass is 311 g/mol. The third-order valence-electron chi connectivity index (χ3n) is 2.96. The fourth-order valence-electron chi connectivity index (χ4n) is 1.89. The molecule has 2 aromatic rings. The van der Waals surface area contributed by atoms with Crippen LogP contribution in [0.4, 0.5) is 26.3 Å². The average Bonchev–Trinajstić information content (AvgIpc) is 2.36. The molecule has 114 valence electrons. The quantitative estimate of drug-likeness (QED) is 0.795. The number of phenolic OH excluding ortho intramolecular Hbond substituents is 1. The lowest BCUT2D eigenvalue weighted by Gasteiger charge is -2.33. The highest BCUT2D eigenvalue weighted by Gasteiger charge is 2.72. The number of aliphatic hydroxyl groups is 1. The van der Waals surface area contributed by atoms with Gasteiger partial charge in [-0.05, 0) is 6.07 Å². The largest absolute Gasteiger partial charge is 0.505 e. The first-order valence-corrected chi connectivity index (χ1v) is 5.43. The first-order valence-electron chi connectivity index (χ1n) is 5.43. The second-order valence-corrected chi connectivity index (χ2v) is 4.24. The molecule has 2 N–H and O–H groups in total. The van der Waals surface area contributed by atoms with Crippen LogP contribution in [0, 0.1) is 0 Å². The van der Waals surface area contributed by atoms with Gasteiger partial charge in [-0.3, -0.25) is 4.98 Å². The number of nitrogens with zero attached hydrogens (tertiary/aromatic N) is 1. The van der Waals surface area contributed by atoms with E-state index in [0.717, 1.165) is 12.3 Å². The Kier molecular flexibility index (Phi) is 3.28. The van der Waals surface area contributed by atoms with Crippen LogP contribution in [0.15, 0.2) is 30.5 Å². The smallest absolute Gasteiger partial charge is 0.430 e. The fraction of sp³-hybridized carbons (Fsp3) is 0.250. The molecule has 1 heterocycles. The summed E-state index contributed by atoms with van der Waals surface area (Å²) in [6.07, 6.45) is -11.0. The van der Waals surface area contributed by atoms with Gasteiger partial charge in [0, 0.05) is 17.1 Å². The van der Waals surface area contributed by atoms with E-state index < -0.39 is 34.8 Å². The Morgan fingerprint density at radius 2 is 1.48 bits per heavy atom. The Morgan fingerprint density at radius 3 is 2.00 bits per heavy atom. The van der Waals surface area contributed by atoms with Crippen molar-refractivity contribution >= 4 is 10.9 Å². The molecular formula is C12H7F6NO2. The molecule has 0 radical (unpaired) electrons. The third kappa shape index (κ3) is 2.17. The summed E-state index contributed by atoms with van der Waals surface area (Å²) in [5.41, 5.74) is -7.37. The molecule has 9 heteroatoms. The van der Waals surface area contributed by atoms with E-state index in [1.807, 2.05) is 0 Å². The van der Waals surface area contributed by atoms with Crippen molar-refractivity contribution in [3.05, 3.63) is 36.0 Å². The van der Waals surface area contributed by atoms with Crippen LogP contribution < -0.4 is 0 Å². The number of phenols is 1. The maximum Gasteiger partial charge on any atom is 0.430 e. The number of halogens is 6. The Labute approximate surface area is 113 Å². The van der Waals surface area contributed by atoms with Crippen molar-refractivity contribution in [3.8, 4) is 5.75 Å². The zero-order valence-electron chi connectivity index (χ0n) is 10.00. The van der Waals surface area contributed by atoms with E-state index >= 15 is 0 Å². The van der Waals surface area contributed by atoms with Crippen LogP contribution in [0.3, 0.4) is 0 Å². The maximum absolute atomic E-state index is 12.8. The molecule has 0 fully saturated rings. The van der Waals surface area contributed by atoms with Gasteiger partial charge in [0.05, 0.1) is 0 Å². The lowest BCUT2D eigenvalue weighted by Crippen LogP contribution is -2.53. The number of rotatable bonds is 1. The standard InChI is InChI=1S/C12H7F6NO2/c13-11(14,15)10(21,12(16,17)18)7-4-3-6-2-1-5-19-8(6)9(7)20/h1-5,20-21H. The molecule has 3 nitrogen and oxygen atoms in total. The highest BCUT2D eigenvalue weighted by molar-refractivity contribution is 5.85. The van der Waals surface area contributed by atoms with Gasteiger partial charge in [0.2, 0.25) is 0 Å². The van der Waals surface area contributed by atoms with E-state index in [2.05, 4.69) is 4.98 Å². The molecule has 21 heavy (non-hydrogen) atoms. The normalized spacial score (nSPS) is 13.7. The summed E-state index contributed by atoms with van der Waals surface area (Å²) in [5.74, 6) is -1.37. The van der Waals surface area contributed by atoms with Crippen LogP contribution in [0.1, 0.15) is 5.56 Å². The van der Waals surface area contributed by atoms with Gasteiger partial charge in [0.25, 0.3) is 5.60 Å². The number of benzene rings is 1. The summed E-state index contributed by atoms with van der Waals surface area (Å²) in [6, 6.07) is 4.01. The van der Waals surface area contributed by atoms with Crippen LogP contribution in [0.2, 0.25) is 0 Å². The van der Waals surface area contributed by atoms with Crippen molar-refractivity contribution < 1.29 is 36.6 Å². The number of aromatic nitrogens is 1. The summed E-state index contributed by atoms with van der Waals surface area (Å²) in [7, 11) is 0. The Hall–Kier alpha value is -2.03. The number of hydrogen-bond acceptors (Lipinski definition) is 3. The van der Waals surface area contributed by atoms with Gasteiger partial charge in [-0.15, -0.1) is 0 Å². The van der Waals surface area contributed by atoms with Gasteiger partial charge in [0.15, 0.2) is 0 Å². The average molecular weight is 311 g/mol. The Bertz CT molecular complexity index is 665. The number of aromatic hydroxyl groups is 1. The van der Waals surface area contributed by atoms with Crippen LogP contribution in [-0.2, 0) is 5.60 Å². The van der Waals surface area contributed by atoms with Crippen molar-refractivity contribution in [2.45, 2.75) is 18.0 Å². The summed E-state index contributed by atoms with van der Waals surface area (Å²) in [4.78, 5) is 3.52. The van der Waals surface area contributed by atoms with Crippen molar-refractivity contribution in [2.24, 2.45) is 0 Å². The van der Waals surface area contributed by atoms with Gasteiger partial charge in [-0.1, -0.05) is 18.2 Å². The molecule has 0 aliphatic heterocycles. The lowest BCUT2D eigenvalue weighted by molar-refractivity contribution is -0.376. The van der Waals surface area contributed by atoms with Gasteiger partial charge in [-0.25, -0.2) is 0 Å². The summed E-state index contributed by atoms with van der Waals surface area (Å²) < 4.78 is 76.6. The molecule has 0 bridgehead atoms. The van der Waals surface area contributed by atoms with Gasteiger partial charge in [0.1, 0.15) is 11.3 Å². The summed E-state index contributed by atoms with van der Waals surface area (Å²) >= 11 is 0. The van der Waals surface area contributed by atoms with Crippen LogP contribution in [0.25, 0.3) is 10.9 Å². The van der Waals surface area contributed by atoms with E-state index in [4.69, 9.17) is 0 Å². The zero-order valence-corrected chi connectivity index (χ0v) is 10.00. The molecule has 0 saturated carbocycles. The molecule has 0 aliphatic rings. The maximum atomic E-state index is 12.8. The minimum atomic E-state index is -6.06. The van der Waals surface area contributed by atoms with E-state index in [1.165, 1.54) is 12.1 Å². The van der Waals surface area contributed by atoms with Crippen molar-refractivity contribution in [3.63, 3.8) is 0 Å². The molecule has 2 rings (SSSR count). The highest BCUT2D eigenvalue weighted by atomic mass is 19.4. The number of pyridine rings is 1. The molecule has 0 amide bonds. The lowest BCUT2D eigenvalue weighted by atomic mass is 9.90.